The molecular formula is C10H14N2O4. The molecule has 2 amide bonds. The molecule has 0 spiro atoms. The third-order valence-electron chi connectivity index (χ3n) is 3.45. The predicted octanol–water partition coefficient (Wildman–Crippen LogP) is -0.803. The van der Waals surface area contributed by atoms with E-state index in [4.69, 9.17) is 5.11 Å². The van der Waals surface area contributed by atoms with Gasteiger partial charge in [0, 0.05) is 6.04 Å². The number of carbonyl (C=O) groups excluding carboxylic acids is 2. The molecule has 1 aliphatic carbocycles. The standard InChI is InChI=1S/C10H14N2O4/c1-5-9(14)11-8(13)4-12(5)7-3-2-6(7)10(15)16/h5-7H,2-4H2,1H3,(H,15,16)(H,11,13,14). The summed E-state index contributed by atoms with van der Waals surface area (Å²) < 4.78 is 0. The van der Waals surface area contributed by atoms with Gasteiger partial charge in [0.1, 0.15) is 0 Å². The maximum atomic E-state index is 11.4. The second-order valence-electron chi connectivity index (χ2n) is 4.35. The molecule has 1 saturated carbocycles. The van der Waals surface area contributed by atoms with Gasteiger partial charge in [-0.05, 0) is 19.8 Å². The van der Waals surface area contributed by atoms with E-state index in [1.807, 2.05) is 0 Å². The number of carbonyl (C=O) groups is 3. The van der Waals surface area contributed by atoms with Gasteiger partial charge in [-0.25, -0.2) is 0 Å². The Kier molecular flexibility index (Phi) is 2.67. The first kappa shape index (κ1) is 11.1. The van der Waals surface area contributed by atoms with Crippen LogP contribution in [0.1, 0.15) is 19.8 Å². The Morgan fingerprint density at radius 3 is 2.62 bits per heavy atom. The van der Waals surface area contributed by atoms with Crippen LogP contribution in [0, 0.1) is 5.92 Å². The Hall–Kier alpha value is -1.43. The zero-order chi connectivity index (χ0) is 11.9. The molecule has 0 aromatic carbocycles. The largest absolute Gasteiger partial charge is 0.481 e. The van der Waals surface area contributed by atoms with Crippen molar-refractivity contribution in [2.45, 2.75) is 31.8 Å². The number of aliphatic carboxylic acids is 1. The molecule has 0 bridgehead atoms. The van der Waals surface area contributed by atoms with Gasteiger partial charge in [-0.1, -0.05) is 0 Å². The van der Waals surface area contributed by atoms with Crippen molar-refractivity contribution in [1.82, 2.24) is 10.2 Å². The van der Waals surface area contributed by atoms with E-state index in [0.717, 1.165) is 6.42 Å². The van der Waals surface area contributed by atoms with Crippen LogP contribution >= 0.6 is 0 Å². The van der Waals surface area contributed by atoms with E-state index in [1.165, 1.54) is 0 Å². The molecule has 3 atom stereocenters. The van der Waals surface area contributed by atoms with E-state index >= 15 is 0 Å². The molecular weight excluding hydrogens is 212 g/mol. The second-order valence-corrected chi connectivity index (χ2v) is 4.35. The van der Waals surface area contributed by atoms with Crippen molar-refractivity contribution in [1.29, 1.82) is 0 Å². The van der Waals surface area contributed by atoms with Gasteiger partial charge in [-0.3, -0.25) is 24.6 Å². The van der Waals surface area contributed by atoms with Gasteiger partial charge in [0.15, 0.2) is 0 Å². The van der Waals surface area contributed by atoms with Crippen LogP contribution in [0.3, 0.4) is 0 Å². The Labute approximate surface area is 92.6 Å². The molecule has 0 aromatic heterocycles. The van der Waals surface area contributed by atoms with E-state index in [1.54, 1.807) is 11.8 Å². The number of nitrogens with zero attached hydrogens (tertiary/aromatic N) is 1. The maximum absolute atomic E-state index is 11.4. The lowest BCUT2D eigenvalue weighted by Gasteiger charge is -2.45. The van der Waals surface area contributed by atoms with Crippen LogP contribution in [-0.4, -0.2) is 46.4 Å². The van der Waals surface area contributed by atoms with Crippen molar-refractivity contribution in [2.24, 2.45) is 5.92 Å². The number of piperazine rings is 1. The van der Waals surface area contributed by atoms with Gasteiger partial charge in [0.2, 0.25) is 11.8 Å². The molecule has 2 N–H and O–H groups in total. The SMILES string of the molecule is CC1C(=O)NC(=O)CN1C1CCC1C(=O)O. The topological polar surface area (TPSA) is 86.7 Å². The van der Waals surface area contributed by atoms with E-state index in [0.29, 0.717) is 6.42 Å². The normalized spacial score (nSPS) is 35.4. The summed E-state index contributed by atoms with van der Waals surface area (Å²) in [6.45, 7) is 1.81. The van der Waals surface area contributed by atoms with Crippen molar-refractivity contribution >= 4 is 17.8 Å². The average molecular weight is 226 g/mol. The Bertz CT molecular complexity index is 355. The molecule has 16 heavy (non-hydrogen) atoms. The fourth-order valence-electron chi connectivity index (χ4n) is 2.31. The fourth-order valence-corrected chi connectivity index (χ4v) is 2.31. The Balaban J connectivity index is 2.10. The molecule has 2 aliphatic rings. The van der Waals surface area contributed by atoms with Crippen molar-refractivity contribution in [3.8, 4) is 0 Å². The molecule has 2 fully saturated rings. The number of amides is 2. The molecule has 6 nitrogen and oxygen atoms in total. The van der Waals surface area contributed by atoms with E-state index in [9.17, 15) is 14.4 Å². The quantitative estimate of drug-likeness (QED) is 0.602. The van der Waals surface area contributed by atoms with Crippen molar-refractivity contribution in [2.75, 3.05) is 6.54 Å². The highest BCUT2D eigenvalue weighted by molar-refractivity contribution is 6.01. The number of nitrogens with one attached hydrogen (secondary N) is 1. The van der Waals surface area contributed by atoms with Gasteiger partial charge in [-0.15, -0.1) is 0 Å². The number of rotatable bonds is 2. The summed E-state index contributed by atoms with van der Waals surface area (Å²) in [4.78, 5) is 35.2. The summed E-state index contributed by atoms with van der Waals surface area (Å²) in [5.41, 5.74) is 0. The molecule has 88 valence electrons. The first-order chi connectivity index (χ1) is 7.50. The summed E-state index contributed by atoms with van der Waals surface area (Å²) in [5.74, 6) is -1.98. The number of hydrogen-bond acceptors (Lipinski definition) is 4. The van der Waals surface area contributed by atoms with Crippen molar-refractivity contribution in [3.63, 3.8) is 0 Å². The van der Waals surface area contributed by atoms with Crippen LogP contribution in [0.2, 0.25) is 0 Å². The molecule has 2 rings (SSSR count). The highest BCUT2D eigenvalue weighted by Crippen LogP contribution is 2.34. The van der Waals surface area contributed by atoms with Gasteiger partial charge in [0.25, 0.3) is 0 Å². The minimum Gasteiger partial charge on any atom is -0.481 e. The zero-order valence-corrected chi connectivity index (χ0v) is 8.97. The van der Waals surface area contributed by atoms with E-state index in [2.05, 4.69) is 5.32 Å². The number of carboxylic acids is 1. The van der Waals surface area contributed by atoms with Crippen LogP contribution in [0.5, 0.6) is 0 Å². The smallest absolute Gasteiger partial charge is 0.308 e. The molecule has 1 saturated heterocycles. The van der Waals surface area contributed by atoms with E-state index < -0.39 is 17.9 Å². The highest BCUT2D eigenvalue weighted by atomic mass is 16.4. The first-order valence-electron chi connectivity index (χ1n) is 5.33. The third-order valence-corrected chi connectivity index (χ3v) is 3.45. The highest BCUT2D eigenvalue weighted by Gasteiger charge is 2.45. The van der Waals surface area contributed by atoms with Crippen molar-refractivity contribution in [3.05, 3.63) is 0 Å². The first-order valence-corrected chi connectivity index (χ1v) is 5.33. The third kappa shape index (κ3) is 1.69. The summed E-state index contributed by atoms with van der Waals surface area (Å²) in [6, 6.07) is -0.604. The predicted molar refractivity (Wildman–Crippen MR) is 53.5 cm³/mol. The Morgan fingerprint density at radius 1 is 1.44 bits per heavy atom. The van der Waals surface area contributed by atoms with Crippen LogP contribution in [0.25, 0.3) is 0 Å². The monoisotopic (exact) mass is 226 g/mol. The van der Waals surface area contributed by atoms with E-state index in [-0.39, 0.29) is 24.4 Å². The minimum absolute atomic E-state index is 0.112. The summed E-state index contributed by atoms with van der Waals surface area (Å²) in [7, 11) is 0. The molecule has 1 heterocycles. The van der Waals surface area contributed by atoms with Crippen LogP contribution in [0.15, 0.2) is 0 Å². The molecule has 6 heteroatoms. The lowest BCUT2D eigenvalue weighted by atomic mass is 9.77. The number of hydrogen-bond donors (Lipinski definition) is 2. The van der Waals surface area contributed by atoms with Crippen LogP contribution in [0.4, 0.5) is 0 Å². The van der Waals surface area contributed by atoms with Crippen molar-refractivity contribution < 1.29 is 19.5 Å². The molecule has 1 aliphatic heterocycles. The Morgan fingerprint density at radius 2 is 2.12 bits per heavy atom. The van der Waals surface area contributed by atoms with Crippen LogP contribution < -0.4 is 5.32 Å². The summed E-state index contributed by atoms with van der Waals surface area (Å²) >= 11 is 0. The summed E-state index contributed by atoms with van der Waals surface area (Å²) in [6.07, 6.45) is 1.36. The second kappa shape index (κ2) is 3.86. The number of carboxylic acid groups (broad SMARTS) is 1. The van der Waals surface area contributed by atoms with Gasteiger partial charge in [0.05, 0.1) is 18.5 Å². The minimum atomic E-state index is -0.845. The molecule has 0 radical (unpaired) electrons. The van der Waals surface area contributed by atoms with Gasteiger partial charge < -0.3 is 5.11 Å². The van der Waals surface area contributed by atoms with Crippen LogP contribution in [-0.2, 0) is 14.4 Å². The number of imide groups is 1. The molecule has 0 aromatic rings. The fraction of sp³-hybridized carbons (Fsp3) is 0.700. The van der Waals surface area contributed by atoms with Gasteiger partial charge in [-0.2, -0.15) is 0 Å². The lowest BCUT2D eigenvalue weighted by molar-refractivity contribution is -0.155. The average Bonchev–Trinajstić information content (AvgIpc) is 2.10. The zero-order valence-electron chi connectivity index (χ0n) is 8.97. The van der Waals surface area contributed by atoms with Gasteiger partial charge >= 0.3 is 5.97 Å². The summed E-state index contributed by atoms with van der Waals surface area (Å²) in [5, 5.41) is 11.2. The molecule has 3 unspecified atom stereocenters. The maximum Gasteiger partial charge on any atom is 0.308 e. The lowest BCUT2D eigenvalue weighted by Crippen LogP contribution is -2.63.